The van der Waals surface area contributed by atoms with Crippen LogP contribution in [0.15, 0.2) is 23.3 Å². The minimum absolute atomic E-state index is 0.101. The minimum atomic E-state index is 0.101. The fourth-order valence-electron chi connectivity index (χ4n) is 5.97. The van der Waals surface area contributed by atoms with Gasteiger partial charge < -0.3 is 5.32 Å². The molecule has 3 saturated carbocycles. The van der Waals surface area contributed by atoms with Crippen LogP contribution in [-0.2, 0) is 4.79 Å². The Kier molecular flexibility index (Phi) is 3.22. The molecule has 0 saturated heterocycles. The molecule has 0 aromatic carbocycles. The summed E-state index contributed by atoms with van der Waals surface area (Å²) in [4.78, 5) is 11.6. The summed E-state index contributed by atoms with van der Waals surface area (Å²) in [6, 6.07) is 0.387. The van der Waals surface area contributed by atoms with Crippen LogP contribution < -0.4 is 5.32 Å². The van der Waals surface area contributed by atoms with E-state index < -0.39 is 0 Å². The van der Waals surface area contributed by atoms with Gasteiger partial charge in [-0.1, -0.05) is 30.2 Å². The van der Waals surface area contributed by atoms with E-state index in [1.165, 1.54) is 37.7 Å². The van der Waals surface area contributed by atoms with E-state index >= 15 is 0 Å². The summed E-state index contributed by atoms with van der Waals surface area (Å²) in [5.74, 6) is 3.04. The van der Waals surface area contributed by atoms with E-state index in [1.54, 1.807) is 6.08 Å². The van der Waals surface area contributed by atoms with Gasteiger partial charge in [-0.15, -0.1) is 0 Å². The van der Waals surface area contributed by atoms with Crippen LogP contribution in [0.2, 0.25) is 0 Å². The summed E-state index contributed by atoms with van der Waals surface area (Å²) < 4.78 is 0. The second-order valence-corrected chi connectivity index (χ2v) is 7.91. The molecule has 114 valence electrons. The molecule has 0 aromatic rings. The maximum absolute atomic E-state index is 11.6. The Morgan fingerprint density at radius 3 is 2.95 bits per heavy atom. The topological polar surface area (TPSA) is 29.1 Å². The van der Waals surface area contributed by atoms with Gasteiger partial charge in [0.25, 0.3) is 0 Å². The highest BCUT2D eigenvalue weighted by atomic mass is 35.5. The van der Waals surface area contributed by atoms with Crippen LogP contribution in [0.5, 0.6) is 0 Å². The lowest BCUT2D eigenvalue weighted by Crippen LogP contribution is -2.53. The molecule has 2 nitrogen and oxygen atoms in total. The first kappa shape index (κ1) is 13.9. The molecule has 0 aromatic heterocycles. The van der Waals surface area contributed by atoms with Gasteiger partial charge in [-0.3, -0.25) is 4.79 Å². The van der Waals surface area contributed by atoms with E-state index in [1.807, 2.05) is 5.54 Å². The van der Waals surface area contributed by atoms with Crippen LogP contribution in [0.3, 0.4) is 0 Å². The number of fused-ring (bicyclic) bond motifs is 5. The molecular weight excluding hydrogens is 282 g/mol. The van der Waals surface area contributed by atoms with Crippen molar-refractivity contribution in [3.8, 4) is 0 Å². The van der Waals surface area contributed by atoms with Gasteiger partial charge in [-0.25, -0.2) is 0 Å². The van der Waals surface area contributed by atoms with Crippen molar-refractivity contribution >= 4 is 17.5 Å². The van der Waals surface area contributed by atoms with Crippen molar-refractivity contribution in [2.45, 2.75) is 51.5 Å². The predicted molar refractivity (Wildman–Crippen MR) is 84.8 cm³/mol. The van der Waals surface area contributed by atoms with Crippen LogP contribution in [0.25, 0.3) is 0 Å². The van der Waals surface area contributed by atoms with Crippen LogP contribution in [-0.4, -0.2) is 11.9 Å². The standard InChI is InChI=1S/C18H24ClNO/c1-18-9-8-12-13(15(18)5-2-11(18)10-19)3-6-16-14(12)4-7-17(21)20-16/h4,7,10,12-16H,2-3,5-6,8-9H2,1H3,(H,20,21)/t12-,13+,14+,15-,16+,18+/m0/s1. The second kappa shape index (κ2) is 4.87. The molecule has 0 unspecified atom stereocenters. The van der Waals surface area contributed by atoms with Gasteiger partial charge in [0.05, 0.1) is 0 Å². The Bertz CT molecular complexity index is 525. The van der Waals surface area contributed by atoms with Crippen molar-refractivity contribution in [1.82, 2.24) is 5.32 Å². The molecule has 1 heterocycles. The first-order valence-electron chi connectivity index (χ1n) is 8.42. The molecule has 0 bridgehead atoms. The number of hydrogen-bond donors (Lipinski definition) is 1. The Labute approximate surface area is 132 Å². The number of nitrogens with one attached hydrogen (secondary N) is 1. The quantitative estimate of drug-likeness (QED) is 0.719. The molecule has 0 spiro atoms. The molecule has 0 radical (unpaired) electrons. The average molecular weight is 306 g/mol. The van der Waals surface area contributed by atoms with Crippen molar-refractivity contribution in [3.63, 3.8) is 0 Å². The average Bonchev–Trinajstić information content (AvgIpc) is 2.83. The molecule has 1 amide bonds. The Hall–Kier alpha value is -0.760. The maximum Gasteiger partial charge on any atom is 0.243 e. The van der Waals surface area contributed by atoms with E-state index in [2.05, 4.69) is 18.3 Å². The zero-order valence-electron chi connectivity index (χ0n) is 12.6. The van der Waals surface area contributed by atoms with Gasteiger partial charge in [-0.2, -0.15) is 0 Å². The van der Waals surface area contributed by atoms with Crippen LogP contribution in [0.1, 0.15) is 45.4 Å². The van der Waals surface area contributed by atoms with Gasteiger partial charge >= 0.3 is 0 Å². The number of carbonyl (C=O) groups excluding carboxylic acids is 1. The minimum Gasteiger partial charge on any atom is -0.349 e. The predicted octanol–water partition coefficient (Wildman–Crippen LogP) is 4.02. The first-order chi connectivity index (χ1) is 10.1. The molecule has 4 rings (SSSR count). The van der Waals surface area contributed by atoms with E-state index in [4.69, 9.17) is 11.6 Å². The van der Waals surface area contributed by atoms with E-state index in [0.717, 1.165) is 24.2 Å². The normalized spacial score (nSPS) is 50.3. The third kappa shape index (κ3) is 1.94. The molecule has 4 aliphatic rings. The largest absolute Gasteiger partial charge is 0.349 e. The third-order valence-electron chi connectivity index (χ3n) is 7.04. The molecule has 21 heavy (non-hydrogen) atoms. The Morgan fingerprint density at radius 1 is 1.29 bits per heavy atom. The number of halogens is 1. The van der Waals surface area contributed by atoms with Gasteiger partial charge in [0.1, 0.15) is 0 Å². The SMILES string of the molecule is C[C@]12CC[C@@H]3[C@H]4C=CC(=O)N[C@@H]4CC[C@H]3[C@@H]1CCC2=CCl. The monoisotopic (exact) mass is 305 g/mol. The number of allylic oxidation sites excluding steroid dienone is 1. The molecule has 1 N–H and O–H groups in total. The smallest absolute Gasteiger partial charge is 0.243 e. The molecule has 3 fully saturated rings. The van der Waals surface area contributed by atoms with Crippen molar-refractivity contribution < 1.29 is 4.79 Å². The number of hydrogen-bond acceptors (Lipinski definition) is 1. The summed E-state index contributed by atoms with van der Waals surface area (Å²) in [6.45, 7) is 2.44. The van der Waals surface area contributed by atoms with Crippen LogP contribution in [0, 0.1) is 29.1 Å². The molecule has 3 aliphatic carbocycles. The summed E-state index contributed by atoms with van der Waals surface area (Å²) in [5.41, 5.74) is 3.70. The maximum atomic E-state index is 11.6. The van der Waals surface area contributed by atoms with Gasteiger partial charge in [0, 0.05) is 17.5 Å². The first-order valence-corrected chi connectivity index (χ1v) is 8.85. The van der Waals surface area contributed by atoms with Gasteiger partial charge in [0.2, 0.25) is 5.91 Å². The van der Waals surface area contributed by atoms with Crippen LogP contribution in [0.4, 0.5) is 0 Å². The van der Waals surface area contributed by atoms with Crippen LogP contribution >= 0.6 is 11.6 Å². The summed E-state index contributed by atoms with van der Waals surface area (Å²) >= 11 is 6.10. The van der Waals surface area contributed by atoms with Gasteiger partial charge in [0.15, 0.2) is 0 Å². The van der Waals surface area contributed by atoms with Crippen molar-refractivity contribution in [2.75, 3.05) is 0 Å². The second-order valence-electron chi connectivity index (χ2n) is 7.69. The summed E-state index contributed by atoms with van der Waals surface area (Å²) in [5, 5.41) is 3.18. The number of amides is 1. The highest BCUT2D eigenvalue weighted by molar-refractivity contribution is 6.25. The fraction of sp³-hybridized carbons (Fsp3) is 0.722. The van der Waals surface area contributed by atoms with Crippen molar-refractivity contribution in [3.05, 3.63) is 23.3 Å². The number of rotatable bonds is 0. The zero-order chi connectivity index (χ0) is 14.6. The fourth-order valence-corrected chi connectivity index (χ4v) is 6.33. The summed E-state index contributed by atoms with van der Waals surface area (Å²) in [7, 11) is 0. The molecule has 6 atom stereocenters. The van der Waals surface area contributed by atoms with Crippen molar-refractivity contribution in [1.29, 1.82) is 0 Å². The lowest BCUT2D eigenvalue weighted by atomic mass is 9.53. The molecule has 3 heteroatoms. The Balaban J connectivity index is 1.63. The van der Waals surface area contributed by atoms with E-state index in [9.17, 15) is 4.79 Å². The third-order valence-corrected chi connectivity index (χ3v) is 7.30. The Morgan fingerprint density at radius 2 is 2.14 bits per heavy atom. The molecule has 1 aliphatic heterocycles. The van der Waals surface area contributed by atoms with Gasteiger partial charge in [-0.05, 0) is 67.8 Å². The zero-order valence-corrected chi connectivity index (χ0v) is 13.4. The van der Waals surface area contributed by atoms with Crippen molar-refractivity contribution in [2.24, 2.45) is 29.1 Å². The highest BCUT2D eigenvalue weighted by Crippen LogP contribution is 2.62. The van der Waals surface area contributed by atoms with E-state index in [0.29, 0.717) is 17.4 Å². The summed E-state index contributed by atoms with van der Waals surface area (Å²) in [6.07, 6.45) is 11.4. The lowest BCUT2D eigenvalue weighted by molar-refractivity contribution is -0.119. The highest BCUT2D eigenvalue weighted by Gasteiger charge is 2.54. The number of carbonyl (C=O) groups is 1. The van der Waals surface area contributed by atoms with E-state index in [-0.39, 0.29) is 5.91 Å². The lowest BCUT2D eigenvalue weighted by Gasteiger charge is -2.53. The molecular formula is C18H24ClNO.